The largest absolute Gasteiger partial charge is 0.493 e. The van der Waals surface area contributed by atoms with Crippen LogP contribution in [0.15, 0.2) is 65.6 Å². The molecule has 2 N–H and O–H groups in total. The summed E-state index contributed by atoms with van der Waals surface area (Å²) >= 11 is 5.66. The Morgan fingerprint density at radius 3 is 2.38 bits per heavy atom. The van der Waals surface area contributed by atoms with E-state index in [9.17, 15) is 17.6 Å². The third kappa shape index (κ3) is 5.30. The van der Waals surface area contributed by atoms with Crippen LogP contribution in [0.4, 0.5) is 10.1 Å². The van der Waals surface area contributed by atoms with Crippen LogP contribution in [0.2, 0.25) is 5.02 Å². The molecule has 0 bridgehead atoms. The van der Waals surface area contributed by atoms with Crippen LogP contribution >= 0.6 is 11.6 Å². The minimum Gasteiger partial charge on any atom is -0.493 e. The van der Waals surface area contributed by atoms with E-state index in [0.717, 1.165) is 23.8 Å². The fraction of sp³-hybridized carbons (Fsp3) is 0.136. The van der Waals surface area contributed by atoms with Crippen molar-refractivity contribution in [3.05, 3.63) is 82.6 Å². The second-order valence-corrected chi connectivity index (χ2v) is 8.68. The van der Waals surface area contributed by atoms with Gasteiger partial charge in [-0.05, 0) is 48.5 Å². The molecule has 0 heterocycles. The number of carbonyl (C=O) groups is 1. The van der Waals surface area contributed by atoms with Crippen LogP contribution in [-0.4, -0.2) is 28.5 Å². The lowest BCUT2D eigenvalue weighted by Gasteiger charge is -2.13. The van der Waals surface area contributed by atoms with Crippen LogP contribution in [0.1, 0.15) is 15.9 Å². The maximum absolute atomic E-state index is 13.3. The molecule has 3 aromatic rings. The first kappa shape index (κ1) is 23.4. The number of carbonyl (C=O) groups excluding carboxylic acids is 1. The van der Waals surface area contributed by atoms with Crippen molar-refractivity contribution in [2.45, 2.75) is 11.4 Å². The Balaban J connectivity index is 1.68. The van der Waals surface area contributed by atoms with Crippen molar-refractivity contribution in [1.29, 1.82) is 0 Å². The highest BCUT2D eigenvalue weighted by Crippen LogP contribution is 2.30. The lowest BCUT2D eigenvalue weighted by atomic mass is 10.1. The quantitative estimate of drug-likeness (QED) is 0.505. The number of hydrogen-bond acceptors (Lipinski definition) is 5. The number of rotatable bonds is 8. The average Bonchev–Trinajstić information content (AvgIpc) is 2.79. The molecule has 3 rings (SSSR count). The summed E-state index contributed by atoms with van der Waals surface area (Å²) in [4.78, 5) is 12.3. The highest BCUT2D eigenvalue weighted by molar-refractivity contribution is 7.92. The van der Waals surface area contributed by atoms with Gasteiger partial charge in [0.1, 0.15) is 5.82 Å². The Hall–Kier alpha value is -3.30. The summed E-state index contributed by atoms with van der Waals surface area (Å²) in [6.45, 7) is 0.207. The molecule has 7 nitrogen and oxygen atoms in total. The van der Waals surface area contributed by atoms with Gasteiger partial charge in [-0.3, -0.25) is 9.52 Å². The molecule has 3 aromatic carbocycles. The lowest BCUT2D eigenvalue weighted by molar-refractivity contribution is 0.0950. The maximum Gasteiger partial charge on any atom is 0.261 e. The molecule has 0 spiro atoms. The van der Waals surface area contributed by atoms with Crippen molar-refractivity contribution in [2.24, 2.45) is 0 Å². The van der Waals surface area contributed by atoms with Crippen molar-refractivity contribution >= 4 is 33.2 Å². The van der Waals surface area contributed by atoms with E-state index in [1.54, 1.807) is 18.2 Å². The molecule has 0 aromatic heterocycles. The standard InChI is InChI=1S/C22H20ClFN2O5S/c1-30-20-5-3-4-15(21(20)31-2)13-25-22(27)14-6-8-16(9-7-14)26-32(28,29)17-10-11-19(24)18(23)12-17/h3-12,26H,13H2,1-2H3,(H,25,27). The molecule has 0 unspecified atom stereocenters. The normalized spacial score (nSPS) is 11.0. The molecule has 0 saturated carbocycles. The number of anilines is 1. The number of ether oxygens (including phenoxy) is 2. The van der Waals surface area contributed by atoms with E-state index >= 15 is 0 Å². The van der Waals surface area contributed by atoms with Crippen LogP contribution in [0.3, 0.4) is 0 Å². The molecule has 1 amide bonds. The molecule has 0 radical (unpaired) electrons. The zero-order valence-electron chi connectivity index (χ0n) is 17.2. The molecule has 0 aliphatic heterocycles. The fourth-order valence-corrected chi connectivity index (χ4v) is 4.25. The number of sulfonamides is 1. The van der Waals surface area contributed by atoms with Gasteiger partial charge in [0, 0.05) is 23.4 Å². The second kappa shape index (κ2) is 9.88. The molecule has 0 aliphatic rings. The van der Waals surface area contributed by atoms with Crippen LogP contribution in [0.25, 0.3) is 0 Å². The van der Waals surface area contributed by atoms with E-state index in [1.807, 2.05) is 0 Å². The van der Waals surface area contributed by atoms with Crippen LogP contribution in [0, 0.1) is 5.82 Å². The van der Waals surface area contributed by atoms with Crippen LogP contribution in [0.5, 0.6) is 11.5 Å². The van der Waals surface area contributed by atoms with Crippen molar-refractivity contribution in [3.63, 3.8) is 0 Å². The van der Waals surface area contributed by atoms with Gasteiger partial charge < -0.3 is 14.8 Å². The van der Waals surface area contributed by atoms with Gasteiger partial charge in [0.15, 0.2) is 11.5 Å². The highest BCUT2D eigenvalue weighted by Gasteiger charge is 2.17. The number of amides is 1. The summed E-state index contributed by atoms with van der Waals surface area (Å²) in [6.07, 6.45) is 0. The topological polar surface area (TPSA) is 93.7 Å². The van der Waals surface area contributed by atoms with E-state index < -0.39 is 15.8 Å². The minimum atomic E-state index is -3.97. The number of hydrogen-bond donors (Lipinski definition) is 2. The Bertz CT molecular complexity index is 1230. The van der Waals surface area contributed by atoms with E-state index in [-0.39, 0.29) is 28.1 Å². The van der Waals surface area contributed by atoms with E-state index in [4.69, 9.17) is 21.1 Å². The predicted molar refractivity (Wildman–Crippen MR) is 119 cm³/mol. The molecule has 168 valence electrons. The van der Waals surface area contributed by atoms with E-state index in [0.29, 0.717) is 17.1 Å². The fourth-order valence-electron chi connectivity index (χ4n) is 2.92. The minimum absolute atomic E-state index is 0.182. The van der Waals surface area contributed by atoms with Gasteiger partial charge in [-0.2, -0.15) is 0 Å². The predicted octanol–water partition coefficient (Wildman–Crippen LogP) is 4.23. The Kier molecular flexibility index (Phi) is 7.22. The SMILES string of the molecule is COc1cccc(CNC(=O)c2ccc(NS(=O)(=O)c3ccc(F)c(Cl)c3)cc2)c1OC. The molecule has 0 atom stereocenters. The average molecular weight is 479 g/mol. The van der Waals surface area contributed by atoms with Crippen molar-refractivity contribution in [1.82, 2.24) is 5.32 Å². The van der Waals surface area contributed by atoms with Crippen molar-refractivity contribution in [2.75, 3.05) is 18.9 Å². The summed E-state index contributed by atoms with van der Waals surface area (Å²) < 4.78 is 51.2. The van der Waals surface area contributed by atoms with Gasteiger partial charge in [0.25, 0.3) is 15.9 Å². The number of nitrogens with one attached hydrogen (secondary N) is 2. The number of halogens is 2. The Labute approximate surface area is 190 Å². The lowest BCUT2D eigenvalue weighted by Crippen LogP contribution is -2.23. The molecule has 32 heavy (non-hydrogen) atoms. The number of methoxy groups -OCH3 is 2. The van der Waals surface area contributed by atoms with Gasteiger partial charge in [0.05, 0.1) is 24.1 Å². The molecular formula is C22H20ClFN2O5S. The number of benzene rings is 3. The molecule has 0 saturated heterocycles. The van der Waals surface area contributed by atoms with Gasteiger partial charge >= 0.3 is 0 Å². The van der Waals surface area contributed by atoms with Crippen molar-refractivity contribution in [3.8, 4) is 11.5 Å². The van der Waals surface area contributed by atoms with Gasteiger partial charge in [-0.1, -0.05) is 23.7 Å². The van der Waals surface area contributed by atoms with Gasteiger partial charge in [-0.25, -0.2) is 12.8 Å². The smallest absolute Gasteiger partial charge is 0.261 e. The summed E-state index contributed by atoms with van der Waals surface area (Å²) in [7, 11) is -0.929. The molecular weight excluding hydrogens is 459 g/mol. The third-order valence-electron chi connectivity index (χ3n) is 4.52. The summed E-state index contributed by atoms with van der Waals surface area (Å²) in [5.74, 6) is 0.0152. The first-order valence-electron chi connectivity index (χ1n) is 9.31. The first-order chi connectivity index (χ1) is 15.2. The third-order valence-corrected chi connectivity index (χ3v) is 6.19. The van der Waals surface area contributed by atoms with Gasteiger partial charge in [0.2, 0.25) is 0 Å². The summed E-state index contributed by atoms with van der Waals surface area (Å²) in [6, 6.07) is 14.3. The van der Waals surface area contributed by atoms with Crippen molar-refractivity contribution < 1.29 is 27.1 Å². The maximum atomic E-state index is 13.3. The van der Waals surface area contributed by atoms with E-state index in [1.165, 1.54) is 38.5 Å². The molecule has 10 heteroatoms. The highest BCUT2D eigenvalue weighted by atomic mass is 35.5. The van der Waals surface area contributed by atoms with Crippen LogP contribution in [-0.2, 0) is 16.6 Å². The zero-order chi connectivity index (χ0) is 23.3. The van der Waals surface area contributed by atoms with Gasteiger partial charge in [-0.15, -0.1) is 0 Å². The summed E-state index contributed by atoms with van der Waals surface area (Å²) in [5.41, 5.74) is 1.30. The summed E-state index contributed by atoms with van der Waals surface area (Å²) in [5, 5.41) is 2.48. The van der Waals surface area contributed by atoms with Crippen LogP contribution < -0.4 is 19.5 Å². The Morgan fingerprint density at radius 2 is 1.75 bits per heavy atom. The molecule has 0 fully saturated rings. The first-order valence-corrected chi connectivity index (χ1v) is 11.2. The second-order valence-electron chi connectivity index (χ2n) is 6.59. The van der Waals surface area contributed by atoms with E-state index in [2.05, 4.69) is 10.0 Å². The Morgan fingerprint density at radius 1 is 1.03 bits per heavy atom. The zero-order valence-corrected chi connectivity index (χ0v) is 18.8. The monoisotopic (exact) mass is 478 g/mol. The number of para-hydroxylation sites is 1. The molecule has 0 aliphatic carbocycles.